The first-order valence-electron chi connectivity index (χ1n) is 7.49. The summed E-state index contributed by atoms with van der Waals surface area (Å²) in [6.45, 7) is 8.50. The summed E-state index contributed by atoms with van der Waals surface area (Å²) in [6, 6.07) is 5.22. The summed E-state index contributed by atoms with van der Waals surface area (Å²) in [4.78, 5) is 2.43. The Balaban J connectivity index is 2.03. The quantitative estimate of drug-likeness (QED) is 0.912. The molecule has 1 aromatic carbocycles. The average Bonchev–Trinajstić information content (AvgIpc) is 2.66. The van der Waals surface area contributed by atoms with Crippen LogP contribution in [0.2, 0.25) is 5.02 Å². The van der Waals surface area contributed by atoms with Gasteiger partial charge in [-0.25, -0.2) is 4.39 Å². The monoisotopic (exact) mass is 298 g/mol. The molecule has 0 bridgehead atoms. The van der Waals surface area contributed by atoms with Crippen LogP contribution in [0.4, 0.5) is 4.39 Å². The minimum Gasteiger partial charge on any atom is -0.312 e. The number of rotatable bonds is 4. The third-order valence-corrected chi connectivity index (χ3v) is 4.60. The Bertz CT molecular complexity index is 438. The van der Waals surface area contributed by atoms with Gasteiger partial charge in [-0.3, -0.25) is 4.90 Å². The van der Waals surface area contributed by atoms with Crippen LogP contribution >= 0.6 is 11.6 Å². The summed E-state index contributed by atoms with van der Waals surface area (Å²) in [5.74, 6) is 0.396. The van der Waals surface area contributed by atoms with Gasteiger partial charge in [0.1, 0.15) is 5.82 Å². The zero-order valence-electron chi connectivity index (χ0n) is 12.3. The lowest BCUT2D eigenvalue weighted by Crippen LogP contribution is -2.41. The SMILES string of the molecule is CCC(C)C1CN(Cc2ccc(F)cc2Cl)CCCN1. The number of hydrogen-bond acceptors (Lipinski definition) is 2. The van der Waals surface area contributed by atoms with E-state index in [2.05, 4.69) is 24.1 Å². The summed E-state index contributed by atoms with van der Waals surface area (Å²) >= 11 is 6.13. The molecule has 0 radical (unpaired) electrons. The van der Waals surface area contributed by atoms with Crippen molar-refractivity contribution in [2.75, 3.05) is 19.6 Å². The predicted octanol–water partition coefficient (Wildman–Crippen LogP) is 3.69. The zero-order chi connectivity index (χ0) is 14.5. The third kappa shape index (κ3) is 4.18. The highest BCUT2D eigenvalue weighted by molar-refractivity contribution is 6.31. The maximum absolute atomic E-state index is 13.1. The van der Waals surface area contributed by atoms with E-state index in [1.807, 2.05) is 0 Å². The first-order valence-corrected chi connectivity index (χ1v) is 7.87. The van der Waals surface area contributed by atoms with Crippen molar-refractivity contribution in [2.24, 2.45) is 5.92 Å². The second-order valence-corrected chi connectivity index (χ2v) is 6.18. The molecule has 0 aromatic heterocycles. The molecule has 0 saturated carbocycles. The maximum atomic E-state index is 13.1. The smallest absolute Gasteiger partial charge is 0.124 e. The molecule has 2 nitrogen and oxygen atoms in total. The van der Waals surface area contributed by atoms with Gasteiger partial charge in [0.05, 0.1) is 0 Å². The fraction of sp³-hybridized carbons (Fsp3) is 0.625. The van der Waals surface area contributed by atoms with E-state index in [4.69, 9.17) is 11.6 Å². The molecule has 0 aliphatic carbocycles. The van der Waals surface area contributed by atoms with E-state index in [-0.39, 0.29) is 5.82 Å². The Morgan fingerprint density at radius 3 is 3.00 bits per heavy atom. The van der Waals surface area contributed by atoms with Crippen molar-refractivity contribution in [3.05, 3.63) is 34.6 Å². The van der Waals surface area contributed by atoms with Crippen molar-refractivity contribution >= 4 is 11.6 Å². The second kappa shape index (κ2) is 7.39. The molecule has 2 atom stereocenters. The van der Waals surface area contributed by atoms with Gasteiger partial charge in [-0.2, -0.15) is 0 Å². The Morgan fingerprint density at radius 2 is 2.30 bits per heavy atom. The van der Waals surface area contributed by atoms with Crippen molar-refractivity contribution in [3.63, 3.8) is 0 Å². The first kappa shape index (κ1) is 15.7. The highest BCUT2D eigenvalue weighted by Gasteiger charge is 2.22. The largest absolute Gasteiger partial charge is 0.312 e. The second-order valence-electron chi connectivity index (χ2n) is 5.77. The van der Waals surface area contributed by atoms with E-state index in [1.165, 1.54) is 18.6 Å². The number of hydrogen-bond donors (Lipinski definition) is 1. The molecular weight excluding hydrogens is 275 g/mol. The van der Waals surface area contributed by atoms with Crippen molar-refractivity contribution in [1.82, 2.24) is 10.2 Å². The average molecular weight is 299 g/mol. The van der Waals surface area contributed by atoms with Crippen LogP contribution in [-0.4, -0.2) is 30.6 Å². The lowest BCUT2D eigenvalue weighted by molar-refractivity contribution is 0.231. The van der Waals surface area contributed by atoms with Crippen LogP contribution in [0.15, 0.2) is 18.2 Å². The molecule has 1 N–H and O–H groups in total. The van der Waals surface area contributed by atoms with Gasteiger partial charge in [0.25, 0.3) is 0 Å². The Hall–Kier alpha value is -0.640. The summed E-state index contributed by atoms with van der Waals surface area (Å²) in [7, 11) is 0. The highest BCUT2D eigenvalue weighted by Crippen LogP contribution is 2.21. The number of halogens is 2. The lowest BCUT2D eigenvalue weighted by atomic mass is 9.99. The van der Waals surface area contributed by atoms with Crippen LogP contribution < -0.4 is 5.32 Å². The highest BCUT2D eigenvalue weighted by atomic mass is 35.5. The number of nitrogens with one attached hydrogen (secondary N) is 1. The predicted molar refractivity (Wildman–Crippen MR) is 82.5 cm³/mol. The molecular formula is C16H24ClFN2. The molecule has 20 heavy (non-hydrogen) atoms. The van der Waals surface area contributed by atoms with Gasteiger partial charge < -0.3 is 5.32 Å². The fourth-order valence-corrected chi connectivity index (χ4v) is 2.95. The standard InChI is InChI=1S/C16H24ClFN2/c1-3-12(2)16-11-20(8-4-7-19-16)10-13-5-6-14(18)9-15(13)17/h5-6,9,12,16,19H,3-4,7-8,10-11H2,1-2H3. The third-order valence-electron chi connectivity index (χ3n) is 4.25. The number of benzene rings is 1. The molecule has 1 aromatic rings. The van der Waals surface area contributed by atoms with E-state index >= 15 is 0 Å². The maximum Gasteiger partial charge on any atom is 0.124 e. The first-order chi connectivity index (χ1) is 9.60. The van der Waals surface area contributed by atoms with Crippen molar-refractivity contribution in [1.29, 1.82) is 0 Å². The zero-order valence-corrected chi connectivity index (χ0v) is 13.1. The van der Waals surface area contributed by atoms with E-state index in [0.29, 0.717) is 17.0 Å². The molecule has 1 saturated heterocycles. The van der Waals surface area contributed by atoms with E-state index in [1.54, 1.807) is 6.07 Å². The molecule has 4 heteroatoms. The molecule has 0 spiro atoms. The topological polar surface area (TPSA) is 15.3 Å². The molecule has 0 amide bonds. The summed E-state index contributed by atoms with van der Waals surface area (Å²) in [5.41, 5.74) is 1.01. The van der Waals surface area contributed by atoms with Crippen LogP contribution in [0.25, 0.3) is 0 Å². The van der Waals surface area contributed by atoms with E-state index in [0.717, 1.165) is 38.2 Å². The van der Waals surface area contributed by atoms with Crippen LogP contribution in [-0.2, 0) is 6.54 Å². The Kier molecular flexibility index (Phi) is 5.82. The van der Waals surface area contributed by atoms with Crippen LogP contribution in [0.1, 0.15) is 32.3 Å². The minimum absolute atomic E-state index is 0.270. The molecule has 1 heterocycles. The van der Waals surface area contributed by atoms with Gasteiger partial charge in [0, 0.05) is 24.2 Å². The normalized spacial score (nSPS) is 22.5. The molecule has 1 aliphatic heterocycles. The molecule has 112 valence electrons. The van der Waals surface area contributed by atoms with Crippen molar-refractivity contribution in [2.45, 2.75) is 39.3 Å². The summed E-state index contributed by atoms with van der Waals surface area (Å²) in [6.07, 6.45) is 2.33. The molecule has 1 aliphatic rings. The van der Waals surface area contributed by atoms with Crippen molar-refractivity contribution in [3.8, 4) is 0 Å². The summed E-state index contributed by atoms with van der Waals surface area (Å²) in [5, 5.41) is 4.17. The van der Waals surface area contributed by atoms with Crippen LogP contribution in [0, 0.1) is 11.7 Å². The Morgan fingerprint density at radius 1 is 1.50 bits per heavy atom. The lowest BCUT2D eigenvalue weighted by Gasteiger charge is -2.28. The van der Waals surface area contributed by atoms with Gasteiger partial charge in [0.2, 0.25) is 0 Å². The van der Waals surface area contributed by atoms with Gasteiger partial charge in [-0.05, 0) is 43.1 Å². The van der Waals surface area contributed by atoms with Crippen LogP contribution in [0.5, 0.6) is 0 Å². The molecule has 2 rings (SSSR count). The van der Waals surface area contributed by atoms with Crippen LogP contribution in [0.3, 0.4) is 0 Å². The molecule has 2 unspecified atom stereocenters. The number of nitrogens with zero attached hydrogens (tertiary/aromatic N) is 1. The fourth-order valence-electron chi connectivity index (χ4n) is 2.72. The minimum atomic E-state index is -0.270. The molecule has 1 fully saturated rings. The van der Waals surface area contributed by atoms with Gasteiger partial charge in [-0.15, -0.1) is 0 Å². The van der Waals surface area contributed by atoms with Gasteiger partial charge in [0.15, 0.2) is 0 Å². The van der Waals surface area contributed by atoms with Crippen molar-refractivity contribution < 1.29 is 4.39 Å². The Labute approximate surface area is 126 Å². The van der Waals surface area contributed by atoms with Gasteiger partial charge in [-0.1, -0.05) is 37.9 Å². The summed E-state index contributed by atoms with van der Waals surface area (Å²) < 4.78 is 13.1. The van der Waals surface area contributed by atoms with Gasteiger partial charge >= 0.3 is 0 Å². The van der Waals surface area contributed by atoms with E-state index in [9.17, 15) is 4.39 Å². The van der Waals surface area contributed by atoms with E-state index < -0.39 is 0 Å².